The lowest BCUT2D eigenvalue weighted by atomic mass is 9.87. The first-order valence-electron chi connectivity index (χ1n) is 5.52. The van der Waals surface area contributed by atoms with Gasteiger partial charge in [-0.1, -0.05) is 18.5 Å². The van der Waals surface area contributed by atoms with E-state index in [2.05, 4.69) is 10.3 Å². The normalized spacial score (nSPS) is 13.7. The summed E-state index contributed by atoms with van der Waals surface area (Å²) in [5, 5.41) is 11.9. The van der Waals surface area contributed by atoms with Crippen LogP contribution in [-0.4, -0.2) is 28.5 Å². The van der Waals surface area contributed by atoms with E-state index in [1.54, 1.807) is 13.8 Å². The molecule has 1 amide bonds. The SMILES string of the molecule is CCC(C)(CNC(=O)c1cnccc1Cl)C(=O)O. The molecule has 0 spiro atoms. The highest BCUT2D eigenvalue weighted by atomic mass is 35.5. The molecule has 0 aliphatic heterocycles. The van der Waals surface area contributed by atoms with Gasteiger partial charge in [0.1, 0.15) is 0 Å². The van der Waals surface area contributed by atoms with Gasteiger partial charge in [0.05, 0.1) is 16.0 Å². The van der Waals surface area contributed by atoms with Gasteiger partial charge in [0, 0.05) is 18.9 Å². The number of nitrogens with zero attached hydrogens (tertiary/aromatic N) is 1. The summed E-state index contributed by atoms with van der Waals surface area (Å²) in [6.45, 7) is 3.39. The predicted molar refractivity (Wildman–Crippen MR) is 67.6 cm³/mol. The lowest BCUT2D eigenvalue weighted by Gasteiger charge is -2.23. The molecule has 1 atom stereocenters. The van der Waals surface area contributed by atoms with Crippen LogP contribution in [0, 0.1) is 5.41 Å². The molecule has 0 radical (unpaired) electrons. The Morgan fingerprint density at radius 1 is 1.56 bits per heavy atom. The smallest absolute Gasteiger partial charge is 0.311 e. The highest BCUT2D eigenvalue weighted by Crippen LogP contribution is 2.20. The van der Waals surface area contributed by atoms with Crippen molar-refractivity contribution in [2.75, 3.05) is 6.54 Å². The zero-order valence-corrected chi connectivity index (χ0v) is 11.0. The fourth-order valence-electron chi connectivity index (χ4n) is 1.27. The first kappa shape index (κ1) is 14.4. The van der Waals surface area contributed by atoms with Crippen LogP contribution in [-0.2, 0) is 4.79 Å². The number of amides is 1. The van der Waals surface area contributed by atoms with Crippen molar-refractivity contribution >= 4 is 23.5 Å². The van der Waals surface area contributed by atoms with Gasteiger partial charge in [-0.3, -0.25) is 14.6 Å². The monoisotopic (exact) mass is 270 g/mol. The maximum absolute atomic E-state index is 11.8. The Morgan fingerprint density at radius 2 is 2.22 bits per heavy atom. The van der Waals surface area contributed by atoms with Crippen molar-refractivity contribution in [3.8, 4) is 0 Å². The third-order valence-corrected chi connectivity index (χ3v) is 3.28. The maximum Gasteiger partial charge on any atom is 0.311 e. The van der Waals surface area contributed by atoms with E-state index in [4.69, 9.17) is 16.7 Å². The molecule has 0 aliphatic rings. The quantitative estimate of drug-likeness (QED) is 0.857. The van der Waals surface area contributed by atoms with Crippen LogP contribution >= 0.6 is 11.6 Å². The molecule has 1 rings (SSSR count). The molecule has 0 aromatic carbocycles. The van der Waals surface area contributed by atoms with E-state index in [0.717, 1.165) is 0 Å². The van der Waals surface area contributed by atoms with E-state index in [1.165, 1.54) is 18.5 Å². The van der Waals surface area contributed by atoms with Gasteiger partial charge in [-0.25, -0.2) is 0 Å². The maximum atomic E-state index is 11.8. The molecule has 0 aliphatic carbocycles. The number of nitrogens with one attached hydrogen (secondary N) is 1. The molecule has 98 valence electrons. The molecule has 5 nitrogen and oxygen atoms in total. The predicted octanol–water partition coefficient (Wildman–Crippen LogP) is 1.97. The Bertz CT molecular complexity index is 464. The van der Waals surface area contributed by atoms with Gasteiger partial charge < -0.3 is 10.4 Å². The number of halogens is 1. The summed E-state index contributed by atoms with van der Waals surface area (Å²) in [5.41, 5.74) is -0.743. The minimum absolute atomic E-state index is 0.0445. The van der Waals surface area contributed by atoms with E-state index in [0.29, 0.717) is 6.42 Å². The number of aliphatic carboxylic acids is 1. The molecule has 6 heteroatoms. The van der Waals surface area contributed by atoms with Crippen molar-refractivity contribution in [2.24, 2.45) is 5.41 Å². The van der Waals surface area contributed by atoms with Gasteiger partial charge in [0.15, 0.2) is 0 Å². The Labute approximate surface area is 110 Å². The Kier molecular flexibility index (Phi) is 4.67. The summed E-state index contributed by atoms with van der Waals surface area (Å²) in [6, 6.07) is 1.51. The number of pyridine rings is 1. The molecule has 0 saturated carbocycles. The van der Waals surface area contributed by atoms with Gasteiger partial charge >= 0.3 is 5.97 Å². The molecule has 0 bridgehead atoms. The van der Waals surface area contributed by atoms with Crippen molar-refractivity contribution in [3.05, 3.63) is 29.0 Å². The van der Waals surface area contributed by atoms with Crippen LogP contribution in [0.2, 0.25) is 5.02 Å². The van der Waals surface area contributed by atoms with Gasteiger partial charge in [0.25, 0.3) is 5.91 Å². The molecule has 18 heavy (non-hydrogen) atoms. The molecular weight excluding hydrogens is 256 g/mol. The molecule has 1 aromatic rings. The second kappa shape index (κ2) is 5.82. The Balaban J connectivity index is 2.73. The van der Waals surface area contributed by atoms with E-state index in [-0.39, 0.29) is 17.1 Å². The summed E-state index contributed by atoms with van der Waals surface area (Å²) in [7, 11) is 0. The zero-order valence-electron chi connectivity index (χ0n) is 10.2. The molecule has 0 saturated heterocycles. The van der Waals surface area contributed by atoms with Gasteiger partial charge in [-0.2, -0.15) is 0 Å². The largest absolute Gasteiger partial charge is 0.481 e. The number of carbonyl (C=O) groups is 2. The number of carbonyl (C=O) groups excluding carboxylic acids is 1. The average Bonchev–Trinajstić information content (AvgIpc) is 2.35. The number of hydrogen-bond acceptors (Lipinski definition) is 3. The van der Waals surface area contributed by atoms with Crippen molar-refractivity contribution in [1.82, 2.24) is 10.3 Å². The first-order valence-corrected chi connectivity index (χ1v) is 5.89. The fourth-order valence-corrected chi connectivity index (χ4v) is 1.46. The zero-order chi connectivity index (χ0) is 13.8. The summed E-state index contributed by atoms with van der Waals surface area (Å²) < 4.78 is 0. The van der Waals surface area contributed by atoms with Crippen molar-refractivity contribution in [2.45, 2.75) is 20.3 Å². The van der Waals surface area contributed by atoms with Crippen molar-refractivity contribution in [1.29, 1.82) is 0 Å². The van der Waals surface area contributed by atoms with Crippen LogP contribution in [0.15, 0.2) is 18.5 Å². The van der Waals surface area contributed by atoms with Gasteiger partial charge in [-0.15, -0.1) is 0 Å². The van der Waals surface area contributed by atoms with Crippen molar-refractivity contribution < 1.29 is 14.7 Å². The second-order valence-corrected chi connectivity index (χ2v) is 4.66. The molecule has 1 heterocycles. The summed E-state index contributed by atoms with van der Waals surface area (Å²) in [4.78, 5) is 26.7. The second-order valence-electron chi connectivity index (χ2n) is 4.26. The van der Waals surface area contributed by atoms with Gasteiger partial charge in [-0.05, 0) is 19.4 Å². The van der Waals surface area contributed by atoms with Crippen LogP contribution in [0.4, 0.5) is 0 Å². The summed E-state index contributed by atoms with van der Waals surface area (Å²) >= 11 is 5.85. The van der Waals surface area contributed by atoms with Crippen LogP contribution in [0.3, 0.4) is 0 Å². The summed E-state index contributed by atoms with van der Waals surface area (Å²) in [6.07, 6.45) is 3.25. The van der Waals surface area contributed by atoms with E-state index in [1.807, 2.05) is 0 Å². The molecule has 1 aromatic heterocycles. The highest BCUT2D eigenvalue weighted by Gasteiger charge is 2.31. The van der Waals surface area contributed by atoms with E-state index in [9.17, 15) is 9.59 Å². The molecular formula is C12H15ClN2O3. The van der Waals surface area contributed by atoms with Crippen LogP contribution in [0.1, 0.15) is 30.6 Å². The number of aromatic nitrogens is 1. The highest BCUT2D eigenvalue weighted by molar-refractivity contribution is 6.33. The third kappa shape index (κ3) is 3.20. The first-order chi connectivity index (χ1) is 8.40. The number of hydrogen-bond donors (Lipinski definition) is 2. The molecule has 1 unspecified atom stereocenters. The molecule has 0 fully saturated rings. The van der Waals surface area contributed by atoms with E-state index >= 15 is 0 Å². The van der Waals surface area contributed by atoms with Gasteiger partial charge in [0.2, 0.25) is 0 Å². The van der Waals surface area contributed by atoms with E-state index < -0.39 is 17.3 Å². The molecule has 2 N–H and O–H groups in total. The van der Waals surface area contributed by atoms with Crippen molar-refractivity contribution in [3.63, 3.8) is 0 Å². The number of carboxylic acids is 1. The third-order valence-electron chi connectivity index (χ3n) is 2.95. The lowest BCUT2D eigenvalue weighted by molar-refractivity contribution is -0.147. The van der Waals surface area contributed by atoms with Crippen LogP contribution in [0.5, 0.6) is 0 Å². The number of carboxylic acid groups (broad SMARTS) is 1. The minimum Gasteiger partial charge on any atom is -0.481 e. The van der Waals surface area contributed by atoms with Crippen LogP contribution in [0.25, 0.3) is 0 Å². The standard InChI is InChI=1S/C12H15ClN2O3/c1-3-12(2,11(17)18)7-15-10(16)8-6-14-5-4-9(8)13/h4-6H,3,7H2,1-2H3,(H,15,16)(H,17,18). The Hall–Kier alpha value is -1.62. The fraction of sp³-hybridized carbons (Fsp3) is 0.417. The lowest BCUT2D eigenvalue weighted by Crippen LogP contribution is -2.40. The number of rotatable bonds is 5. The summed E-state index contributed by atoms with van der Waals surface area (Å²) in [5.74, 6) is -1.36. The average molecular weight is 271 g/mol. The minimum atomic E-state index is -0.982. The Morgan fingerprint density at radius 3 is 2.72 bits per heavy atom. The van der Waals surface area contributed by atoms with Crippen LogP contribution < -0.4 is 5.32 Å². The topological polar surface area (TPSA) is 79.3 Å².